The van der Waals surface area contributed by atoms with Gasteiger partial charge < -0.3 is 10.1 Å². The van der Waals surface area contributed by atoms with Crippen LogP contribution in [-0.2, 0) is 11.2 Å². The predicted molar refractivity (Wildman–Crippen MR) is 144 cm³/mol. The van der Waals surface area contributed by atoms with Crippen molar-refractivity contribution >= 4 is 29.2 Å². The van der Waals surface area contributed by atoms with Crippen molar-refractivity contribution in [3.63, 3.8) is 0 Å². The molecular weight excluding hydrogens is 430 g/mol. The van der Waals surface area contributed by atoms with Gasteiger partial charge in [-0.05, 0) is 54.3 Å². The number of para-hydroxylation sites is 3. The first-order chi connectivity index (χ1) is 17.2. The molecule has 6 rings (SSSR count). The molecular formula is C31H27N3O. The first-order valence-electron chi connectivity index (χ1n) is 12.1. The monoisotopic (exact) mass is 457 g/mol. The Morgan fingerprint density at radius 2 is 1.54 bits per heavy atom. The molecule has 4 aromatic rings. The van der Waals surface area contributed by atoms with Gasteiger partial charge in [0.25, 0.3) is 0 Å². The molecule has 1 heterocycles. The third kappa shape index (κ3) is 4.01. The number of hydrogen-bond acceptors (Lipinski definition) is 4. The van der Waals surface area contributed by atoms with Crippen LogP contribution in [0.25, 0.3) is 0 Å². The lowest BCUT2D eigenvalue weighted by atomic mass is 10.1. The quantitative estimate of drug-likeness (QED) is 0.321. The maximum absolute atomic E-state index is 6.38. The molecule has 1 N–H and O–H groups in total. The molecule has 2 atom stereocenters. The summed E-state index contributed by atoms with van der Waals surface area (Å²) in [5.41, 5.74) is 9.92. The molecule has 0 saturated carbocycles. The van der Waals surface area contributed by atoms with Crippen LogP contribution < -0.4 is 5.32 Å². The Morgan fingerprint density at radius 3 is 2.40 bits per heavy atom. The number of anilines is 2. The van der Waals surface area contributed by atoms with Crippen molar-refractivity contribution < 1.29 is 4.74 Å². The predicted octanol–water partition coefficient (Wildman–Crippen LogP) is 7.24. The van der Waals surface area contributed by atoms with Gasteiger partial charge in [-0.25, -0.2) is 4.99 Å². The number of fused-ring (bicyclic) bond motifs is 3. The van der Waals surface area contributed by atoms with E-state index >= 15 is 0 Å². The average molecular weight is 458 g/mol. The van der Waals surface area contributed by atoms with E-state index in [4.69, 9.17) is 14.7 Å². The summed E-state index contributed by atoms with van der Waals surface area (Å²) in [7, 11) is 0. The first-order valence-corrected chi connectivity index (χ1v) is 12.1. The summed E-state index contributed by atoms with van der Waals surface area (Å²) in [5.74, 6) is 0.708. The van der Waals surface area contributed by atoms with E-state index in [1.165, 1.54) is 22.3 Å². The molecule has 0 radical (unpaired) electrons. The van der Waals surface area contributed by atoms with Crippen molar-refractivity contribution in [3.8, 4) is 0 Å². The van der Waals surface area contributed by atoms with E-state index in [2.05, 4.69) is 85.9 Å². The molecule has 4 nitrogen and oxygen atoms in total. The van der Waals surface area contributed by atoms with Crippen LogP contribution in [0.1, 0.15) is 39.4 Å². The van der Waals surface area contributed by atoms with Crippen molar-refractivity contribution in [2.75, 3.05) is 5.32 Å². The first kappa shape index (κ1) is 21.4. The highest BCUT2D eigenvalue weighted by Crippen LogP contribution is 2.41. The molecule has 1 aliphatic carbocycles. The summed E-state index contributed by atoms with van der Waals surface area (Å²) >= 11 is 0. The zero-order valence-corrected chi connectivity index (χ0v) is 19.9. The van der Waals surface area contributed by atoms with Crippen LogP contribution in [0.15, 0.2) is 101 Å². The number of benzene rings is 4. The van der Waals surface area contributed by atoms with Crippen molar-refractivity contribution in [2.45, 2.75) is 32.4 Å². The number of ether oxygens (including phenoxy) is 1. The van der Waals surface area contributed by atoms with Crippen LogP contribution in [-0.4, -0.2) is 18.2 Å². The van der Waals surface area contributed by atoms with Gasteiger partial charge in [0.2, 0.25) is 5.90 Å². The third-order valence-electron chi connectivity index (χ3n) is 6.83. The Morgan fingerprint density at radius 1 is 0.829 bits per heavy atom. The second-order valence-corrected chi connectivity index (χ2v) is 9.19. The number of aliphatic imine (C=N–C) groups is 2. The number of nitrogens with one attached hydrogen (secondary N) is 1. The van der Waals surface area contributed by atoms with Gasteiger partial charge in [0.1, 0.15) is 12.1 Å². The Kier molecular flexibility index (Phi) is 5.42. The van der Waals surface area contributed by atoms with Crippen molar-refractivity contribution in [2.24, 2.45) is 9.98 Å². The summed E-state index contributed by atoms with van der Waals surface area (Å²) in [5, 5.41) is 3.62. The van der Waals surface area contributed by atoms with E-state index in [-0.39, 0.29) is 12.1 Å². The van der Waals surface area contributed by atoms with Crippen molar-refractivity contribution in [1.29, 1.82) is 0 Å². The minimum absolute atomic E-state index is 0.0750. The van der Waals surface area contributed by atoms with Crippen LogP contribution in [0.2, 0.25) is 0 Å². The molecule has 2 aliphatic rings. The molecule has 0 bridgehead atoms. The SMILES string of the molecule is Cc1cccc(C)c1N=Cc1ccccc1Nc1ccccc1C1=N[C@H]2c3ccccc3C[C@H]2O1. The third-order valence-corrected chi connectivity index (χ3v) is 6.83. The molecule has 4 aromatic carbocycles. The molecule has 35 heavy (non-hydrogen) atoms. The summed E-state index contributed by atoms with van der Waals surface area (Å²) < 4.78 is 6.38. The Labute approximate surface area is 206 Å². The highest BCUT2D eigenvalue weighted by Gasteiger charge is 2.39. The molecule has 0 aromatic heterocycles. The zero-order valence-electron chi connectivity index (χ0n) is 19.9. The van der Waals surface area contributed by atoms with Crippen molar-refractivity contribution in [1.82, 2.24) is 0 Å². The standard InChI is InChI=1S/C31H27N3O/c1-20-10-9-11-21(2)29(20)32-19-23-13-4-7-16-26(23)33-27-17-8-6-15-25(27)31-34-30-24-14-5-3-12-22(24)18-28(30)35-31/h3-17,19,28,30,33H,18H2,1-2H3/t28-,30+/m1/s1. The number of aryl methyl sites for hydroxylation is 2. The highest BCUT2D eigenvalue weighted by atomic mass is 16.5. The van der Waals surface area contributed by atoms with Gasteiger partial charge in [-0.1, -0.05) is 72.8 Å². The van der Waals surface area contributed by atoms with E-state index < -0.39 is 0 Å². The van der Waals surface area contributed by atoms with E-state index in [9.17, 15) is 0 Å². The molecule has 0 fully saturated rings. The van der Waals surface area contributed by atoms with Gasteiger partial charge in [-0.2, -0.15) is 0 Å². The lowest BCUT2D eigenvalue weighted by molar-refractivity contribution is 0.206. The number of rotatable bonds is 5. The molecule has 172 valence electrons. The Balaban J connectivity index is 1.31. The largest absolute Gasteiger partial charge is 0.471 e. The zero-order chi connectivity index (χ0) is 23.8. The van der Waals surface area contributed by atoms with Crippen molar-refractivity contribution in [3.05, 3.63) is 124 Å². The van der Waals surface area contributed by atoms with Crippen LogP contribution in [0.3, 0.4) is 0 Å². The van der Waals surface area contributed by atoms with Gasteiger partial charge in [-0.3, -0.25) is 4.99 Å². The summed E-state index contributed by atoms with van der Waals surface area (Å²) in [6.07, 6.45) is 2.92. The smallest absolute Gasteiger partial charge is 0.219 e. The van der Waals surface area contributed by atoms with E-state index in [1.54, 1.807) is 0 Å². The summed E-state index contributed by atoms with van der Waals surface area (Å²) in [6, 6.07) is 31.3. The fourth-order valence-electron chi connectivity index (χ4n) is 5.02. The second kappa shape index (κ2) is 8.88. The summed E-state index contributed by atoms with van der Waals surface area (Å²) in [6.45, 7) is 4.19. The van der Waals surface area contributed by atoms with E-state index in [0.717, 1.165) is 34.6 Å². The maximum atomic E-state index is 6.38. The number of nitrogens with zero attached hydrogens (tertiary/aromatic N) is 2. The van der Waals surface area contributed by atoms with Crippen LogP contribution >= 0.6 is 0 Å². The van der Waals surface area contributed by atoms with Gasteiger partial charge in [0, 0.05) is 23.9 Å². The highest BCUT2D eigenvalue weighted by molar-refractivity contribution is 6.02. The number of hydrogen-bond donors (Lipinski definition) is 1. The van der Waals surface area contributed by atoms with Gasteiger partial charge in [0.15, 0.2) is 0 Å². The molecule has 4 heteroatoms. The lowest BCUT2D eigenvalue weighted by Gasteiger charge is -2.15. The molecule has 0 amide bonds. The lowest BCUT2D eigenvalue weighted by Crippen LogP contribution is -2.14. The van der Waals surface area contributed by atoms with Gasteiger partial charge in [0.05, 0.1) is 16.9 Å². The Hall–Kier alpha value is -4.18. The maximum Gasteiger partial charge on any atom is 0.219 e. The van der Waals surface area contributed by atoms with Gasteiger partial charge >= 0.3 is 0 Å². The fourth-order valence-corrected chi connectivity index (χ4v) is 5.02. The van der Waals surface area contributed by atoms with E-state index in [0.29, 0.717) is 5.90 Å². The summed E-state index contributed by atoms with van der Waals surface area (Å²) in [4.78, 5) is 9.83. The average Bonchev–Trinajstić information content (AvgIpc) is 3.43. The van der Waals surface area contributed by atoms with Crippen LogP contribution in [0.4, 0.5) is 17.1 Å². The molecule has 1 aliphatic heterocycles. The van der Waals surface area contributed by atoms with Crippen LogP contribution in [0.5, 0.6) is 0 Å². The second-order valence-electron chi connectivity index (χ2n) is 9.19. The normalized spacial score (nSPS) is 18.2. The minimum Gasteiger partial charge on any atom is -0.471 e. The Bertz CT molecular complexity index is 1450. The molecule has 0 unspecified atom stereocenters. The van der Waals surface area contributed by atoms with E-state index in [1.807, 2.05) is 30.5 Å². The molecule has 0 saturated heterocycles. The fraction of sp³-hybridized carbons (Fsp3) is 0.161. The van der Waals surface area contributed by atoms with Crippen LogP contribution in [0, 0.1) is 13.8 Å². The molecule has 0 spiro atoms. The minimum atomic E-state index is 0.0750. The topological polar surface area (TPSA) is 46.0 Å². The van der Waals surface area contributed by atoms with Gasteiger partial charge in [-0.15, -0.1) is 0 Å².